The van der Waals surface area contributed by atoms with Crippen LogP contribution in [0.1, 0.15) is 29.9 Å². The van der Waals surface area contributed by atoms with Crippen LogP contribution >= 0.6 is 0 Å². The minimum Gasteiger partial charge on any atom is -0.313 e. The Morgan fingerprint density at radius 1 is 1.37 bits per heavy atom. The number of nitrogens with one attached hydrogen (secondary N) is 1. The predicted octanol–water partition coefficient (Wildman–Crippen LogP) is 2.02. The van der Waals surface area contributed by atoms with Crippen LogP contribution in [0.5, 0.6) is 0 Å². The molecule has 1 unspecified atom stereocenters. The van der Waals surface area contributed by atoms with Crippen molar-refractivity contribution in [1.29, 1.82) is 0 Å². The summed E-state index contributed by atoms with van der Waals surface area (Å²) >= 11 is 0. The van der Waals surface area contributed by atoms with E-state index in [-0.39, 0.29) is 11.9 Å². The van der Waals surface area contributed by atoms with Crippen LogP contribution in [-0.4, -0.2) is 21.8 Å². The van der Waals surface area contributed by atoms with Crippen LogP contribution in [0.15, 0.2) is 24.5 Å². The van der Waals surface area contributed by atoms with Gasteiger partial charge in [-0.15, -0.1) is 0 Å². The third-order valence-electron chi connectivity index (χ3n) is 3.28. The summed E-state index contributed by atoms with van der Waals surface area (Å²) in [5, 5.41) is 7.63. The number of aryl methyl sites for hydroxylation is 2. The highest BCUT2D eigenvalue weighted by molar-refractivity contribution is 5.19. The van der Waals surface area contributed by atoms with E-state index in [1.165, 1.54) is 12.3 Å². The summed E-state index contributed by atoms with van der Waals surface area (Å²) in [5.41, 5.74) is 3.05. The van der Waals surface area contributed by atoms with Crippen molar-refractivity contribution in [2.75, 3.05) is 7.05 Å². The Morgan fingerprint density at radius 2 is 2.16 bits per heavy atom. The molecule has 0 aliphatic carbocycles. The van der Waals surface area contributed by atoms with E-state index in [1.807, 2.05) is 18.8 Å². The molecule has 102 valence electrons. The number of hydrogen-bond donors (Lipinski definition) is 1. The lowest BCUT2D eigenvalue weighted by Gasteiger charge is -2.16. The van der Waals surface area contributed by atoms with Crippen LogP contribution < -0.4 is 5.32 Å². The van der Waals surface area contributed by atoms with Gasteiger partial charge in [0.15, 0.2) is 0 Å². The van der Waals surface area contributed by atoms with E-state index in [4.69, 9.17) is 0 Å². The summed E-state index contributed by atoms with van der Waals surface area (Å²) in [6.45, 7) is 2.08. The molecule has 0 saturated heterocycles. The highest BCUT2D eigenvalue weighted by Gasteiger charge is 2.14. The van der Waals surface area contributed by atoms with Gasteiger partial charge in [0.05, 0.1) is 11.9 Å². The lowest BCUT2D eigenvalue weighted by Crippen LogP contribution is -2.20. The quantitative estimate of drug-likeness (QED) is 0.896. The van der Waals surface area contributed by atoms with Crippen molar-refractivity contribution in [1.82, 2.24) is 20.1 Å². The summed E-state index contributed by atoms with van der Waals surface area (Å²) in [6, 6.07) is 3.64. The Kier molecular flexibility index (Phi) is 4.27. The van der Waals surface area contributed by atoms with Gasteiger partial charge in [-0.25, -0.2) is 4.39 Å². The van der Waals surface area contributed by atoms with Gasteiger partial charge in [0.25, 0.3) is 0 Å². The second-order valence-corrected chi connectivity index (χ2v) is 4.59. The van der Waals surface area contributed by atoms with Crippen LogP contribution in [0.3, 0.4) is 0 Å². The third kappa shape index (κ3) is 3.17. The highest BCUT2D eigenvalue weighted by Crippen LogP contribution is 2.18. The van der Waals surface area contributed by atoms with Gasteiger partial charge in [-0.2, -0.15) is 5.10 Å². The second kappa shape index (κ2) is 5.93. The van der Waals surface area contributed by atoms with Crippen molar-refractivity contribution in [2.45, 2.75) is 25.8 Å². The summed E-state index contributed by atoms with van der Waals surface area (Å²) < 4.78 is 15.1. The monoisotopic (exact) mass is 262 g/mol. The highest BCUT2D eigenvalue weighted by atomic mass is 19.1. The van der Waals surface area contributed by atoms with Gasteiger partial charge in [-0.1, -0.05) is 6.92 Å². The number of hydrogen-bond acceptors (Lipinski definition) is 3. The average molecular weight is 262 g/mol. The van der Waals surface area contributed by atoms with Crippen LogP contribution in [-0.2, 0) is 19.9 Å². The summed E-state index contributed by atoms with van der Waals surface area (Å²) in [5.74, 6) is -0.308. The molecule has 0 radical (unpaired) electrons. The molecule has 19 heavy (non-hydrogen) atoms. The van der Waals surface area contributed by atoms with Crippen LogP contribution in [0, 0.1) is 5.82 Å². The topological polar surface area (TPSA) is 42.7 Å². The fraction of sp³-hybridized carbons (Fsp3) is 0.429. The Morgan fingerprint density at radius 3 is 2.74 bits per heavy atom. The van der Waals surface area contributed by atoms with Gasteiger partial charge in [-0.05, 0) is 31.2 Å². The smallest absolute Gasteiger partial charge is 0.141 e. The van der Waals surface area contributed by atoms with Crippen LogP contribution in [0.25, 0.3) is 0 Å². The van der Waals surface area contributed by atoms with Gasteiger partial charge >= 0.3 is 0 Å². The molecule has 1 N–H and O–H groups in total. The van der Waals surface area contributed by atoms with E-state index in [1.54, 1.807) is 6.20 Å². The number of likely N-dealkylation sites (N-methyl/N-ethyl adjacent to an activating group) is 1. The van der Waals surface area contributed by atoms with Gasteiger partial charge in [0.2, 0.25) is 0 Å². The van der Waals surface area contributed by atoms with E-state index in [9.17, 15) is 4.39 Å². The summed E-state index contributed by atoms with van der Waals surface area (Å²) in [6.07, 6.45) is 4.58. The standard InChI is InChI=1S/C14H19FN4/c1-4-12-6-13(19(3)18-12)7-14(16-2)10-5-11(15)9-17-8-10/h5-6,8-9,14,16H,4,7H2,1-3H3. The molecule has 4 nitrogen and oxygen atoms in total. The molecule has 0 aliphatic rings. The maximum atomic E-state index is 13.2. The van der Waals surface area contributed by atoms with Crippen LogP contribution in [0.4, 0.5) is 4.39 Å². The number of rotatable bonds is 5. The first-order chi connectivity index (χ1) is 9.13. The van der Waals surface area contributed by atoms with Crippen molar-refractivity contribution >= 4 is 0 Å². The lowest BCUT2D eigenvalue weighted by molar-refractivity contribution is 0.550. The molecule has 0 amide bonds. The average Bonchev–Trinajstić information content (AvgIpc) is 2.76. The third-order valence-corrected chi connectivity index (χ3v) is 3.28. The molecule has 2 heterocycles. The van der Waals surface area contributed by atoms with E-state index in [2.05, 4.69) is 28.4 Å². The van der Waals surface area contributed by atoms with E-state index in [0.717, 1.165) is 29.8 Å². The molecule has 5 heteroatoms. The second-order valence-electron chi connectivity index (χ2n) is 4.59. The molecule has 0 fully saturated rings. The predicted molar refractivity (Wildman–Crippen MR) is 72.3 cm³/mol. The van der Waals surface area contributed by atoms with Crippen molar-refractivity contribution in [3.8, 4) is 0 Å². The van der Waals surface area contributed by atoms with Gasteiger partial charge < -0.3 is 5.32 Å². The first-order valence-electron chi connectivity index (χ1n) is 6.43. The molecule has 2 aromatic heterocycles. The fourth-order valence-electron chi connectivity index (χ4n) is 2.15. The summed E-state index contributed by atoms with van der Waals surface area (Å²) in [4.78, 5) is 3.90. The van der Waals surface area contributed by atoms with E-state index >= 15 is 0 Å². The minimum atomic E-state index is -0.308. The zero-order chi connectivity index (χ0) is 13.8. The molecular formula is C14H19FN4. The number of pyridine rings is 1. The Bertz CT molecular complexity index is 550. The fourth-order valence-corrected chi connectivity index (χ4v) is 2.15. The van der Waals surface area contributed by atoms with Gasteiger partial charge in [0, 0.05) is 31.4 Å². The first-order valence-corrected chi connectivity index (χ1v) is 6.43. The van der Waals surface area contributed by atoms with Crippen molar-refractivity contribution in [3.63, 3.8) is 0 Å². The zero-order valence-electron chi connectivity index (χ0n) is 11.5. The Labute approximate surface area is 112 Å². The molecule has 0 bridgehead atoms. The van der Waals surface area contributed by atoms with Crippen molar-refractivity contribution < 1.29 is 4.39 Å². The molecule has 2 rings (SSSR count). The summed E-state index contributed by atoms with van der Waals surface area (Å²) in [7, 11) is 3.80. The number of halogens is 1. The van der Waals surface area contributed by atoms with Gasteiger partial charge in [-0.3, -0.25) is 9.67 Å². The molecule has 0 aliphatic heterocycles. The SMILES string of the molecule is CCc1cc(CC(NC)c2cncc(F)c2)n(C)n1. The van der Waals surface area contributed by atoms with E-state index < -0.39 is 0 Å². The maximum absolute atomic E-state index is 13.2. The van der Waals surface area contributed by atoms with Crippen LogP contribution in [0.2, 0.25) is 0 Å². The molecule has 0 spiro atoms. The normalized spacial score (nSPS) is 12.6. The first kappa shape index (κ1) is 13.7. The number of nitrogens with zero attached hydrogens (tertiary/aromatic N) is 3. The minimum absolute atomic E-state index is 0.0308. The molecule has 0 saturated carbocycles. The van der Waals surface area contributed by atoms with Crippen molar-refractivity contribution in [3.05, 3.63) is 47.3 Å². The van der Waals surface area contributed by atoms with E-state index in [0.29, 0.717) is 0 Å². The zero-order valence-corrected chi connectivity index (χ0v) is 11.5. The largest absolute Gasteiger partial charge is 0.313 e. The number of aromatic nitrogens is 3. The Balaban J connectivity index is 2.21. The van der Waals surface area contributed by atoms with Gasteiger partial charge in [0.1, 0.15) is 5.82 Å². The Hall–Kier alpha value is -1.75. The molecule has 1 atom stereocenters. The lowest BCUT2D eigenvalue weighted by atomic mass is 10.0. The molecular weight excluding hydrogens is 243 g/mol. The molecule has 0 aromatic carbocycles. The molecule has 2 aromatic rings. The maximum Gasteiger partial charge on any atom is 0.141 e. The van der Waals surface area contributed by atoms with Crippen molar-refractivity contribution in [2.24, 2.45) is 7.05 Å².